The van der Waals surface area contributed by atoms with Crippen LogP contribution in [0.1, 0.15) is 35.2 Å². The number of Topliss-reactive ketones (excluding diaryl/α,β-unsaturated/α-hetero) is 1. The van der Waals surface area contributed by atoms with Gasteiger partial charge >= 0.3 is 5.97 Å². The van der Waals surface area contributed by atoms with Crippen molar-refractivity contribution in [1.82, 2.24) is 9.88 Å². The molecule has 0 saturated carbocycles. The van der Waals surface area contributed by atoms with Gasteiger partial charge in [0.1, 0.15) is 17.4 Å². The number of ether oxygens (including phenoxy) is 1. The van der Waals surface area contributed by atoms with Crippen LogP contribution in [0, 0.1) is 35.3 Å². The number of aromatic nitrogens is 1. The molecule has 192 valence electrons. The number of carbonyl (C=O) groups is 2. The summed E-state index contributed by atoms with van der Waals surface area (Å²) >= 11 is 6.34. The van der Waals surface area contributed by atoms with Crippen LogP contribution < -0.4 is 4.74 Å². The van der Waals surface area contributed by atoms with Gasteiger partial charge in [-0.1, -0.05) is 23.4 Å². The maximum absolute atomic E-state index is 13.3. The van der Waals surface area contributed by atoms with Gasteiger partial charge in [0.05, 0.1) is 30.1 Å². The summed E-state index contributed by atoms with van der Waals surface area (Å²) in [4.78, 5) is 31.4. The van der Waals surface area contributed by atoms with Gasteiger partial charge in [0, 0.05) is 41.7 Å². The third kappa shape index (κ3) is 6.43. The van der Waals surface area contributed by atoms with E-state index in [-0.39, 0.29) is 41.8 Å². The summed E-state index contributed by atoms with van der Waals surface area (Å²) in [6, 6.07) is 8.30. The Bertz CT molecular complexity index is 1380. The van der Waals surface area contributed by atoms with Crippen molar-refractivity contribution in [3.8, 4) is 17.6 Å². The molecule has 0 radical (unpaired) electrons. The highest BCUT2D eigenvalue weighted by molar-refractivity contribution is 6.35. The maximum Gasteiger partial charge on any atom is 0.308 e. The van der Waals surface area contributed by atoms with Gasteiger partial charge in [-0.25, -0.2) is 8.78 Å². The Hall–Kier alpha value is -3.54. The van der Waals surface area contributed by atoms with E-state index in [1.54, 1.807) is 18.2 Å². The predicted molar refractivity (Wildman–Crippen MR) is 136 cm³/mol. The van der Waals surface area contributed by atoms with Crippen LogP contribution >= 0.6 is 11.6 Å². The summed E-state index contributed by atoms with van der Waals surface area (Å²) < 4.78 is 32.0. The molecule has 0 bridgehead atoms. The first-order valence-electron chi connectivity index (χ1n) is 11.8. The fraction of sp³-hybridized carbons (Fsp3) is 0.321. The van der Waals surface area contributed by atoms with Gasteiger partial charge in [0.25, 0.3) is 0 Å². The zero-order valence-electron chi connectivity index (χ0n) is 20.1. The van der Waals surface area contributed by atoms with E-state index in [1.807, 2.05) is 4.90 Å². The molecule has 4 rings (SSSR count). The van der Waals surface area contributed by atoms with E-state index in [0.29, 0.717) is 41.6 Å². The molecule has 9 heteroatoms. The zero-order chi connectivity index (χ0) is 26.5. The molecule has 37 heavy (non-hydrogen) atoms. The van der Waals surface area contributed by atoms with E-state index in [0.717, 1.165) is 18.2 Å². The first kappa shape index (κ1) is 26.5. The number of pyridine rings is 1. The van der Waals surface area contributed by atoms with Gasteiger partial charge in [0.2, 0.25) is 0 Å². The predicted octanol–water partition coefficient (Wildman–Crippen LogP) is 5.21. The molecule has 0 aliphatic carbocycles. The fourth-order valence-corrected chi connectivity index (χ4v) is 4.97. The van der Waals surface area contributed by atoms with E-state index in [9.17, 15) is 23.5 Å². The Morgan fingerprint density at radius 1 is 1.22 bits per heavy atom. The maximum atomic E-state index is 13.3. The first-order chi connectivity index (χ1) is 17.7. The van der Waals surface area contributed by atoms with Crippen LogP contribution in [0.2, 0.25) is 5.02 Å². The average Bonchev–Trinajstić information content (AvgIpc) is 2.86. The normalized spacial score (nSPS) is 17.7. The summed E-state index contributed by atoms with van der Waals surface area (Å²) in [6.07, 6.45) is 2.58. The highest BCUT2D eigenvalue weighted by atomic mass is 35.5. The zero-order valence-corrected chi connectivity index (χ0v) is 20.9. The van der Waals surface area contributed by atoms with Crippen LogP contribution in [0.25, 0.3) is 10.9 Å². The van der Waals surface area contributed by atoms with Crippen LogP contribution in [0.15, 0.2) is 42.6 Å². The summed E-state index contributed by atoms with van der Waals surface area (Å²) in [7, 11) is 1.53. The summed E-state index contributed by atoms with van der Waals surface area (Å²) in [5.41, 5.74) is 1.20. The van der Waals surface area contributed by atoms with Gasteiger partial charge in [-0.05, 0) is 55.6 Å². The van der Waals surface area contributed by atoms with Crippen molar-refractivity contribution in [3.05, 3.63) is 70.4 Å². The molecule has 2 unspecified atom stereocenters. The minimum Gasteiger partial charge on any atom is -0.497 e. The monoisotopic (exact) mass is 526 g/mol. The molecular weight excluding hydrogens is 502 g/mol. The number of ketones is 1. The molecule has 2 heterocycles. The van der Waals surface area contributed by atoms with E-state index >= 15 is 0 Å². The lowest BCUT2D eigenvalue weighted by Crippen LogP contribution is -2.44. The number of methoxy groups -OCH3 is 1. The highest BCUT2D eigenvalue weighted by Gasteiger charge is 2.34. The quantitative estimate of drug-likeness (QED) is 0.336. The Morgan fingerprint density at radius 2 is 1.97 bits per heavy atom. The SMILES string of the molecule is COc1ccc2ncc(Cl)c(C(=O)CCC3CCN(CC#Cc4cc(F)cc(F)c4)CC3C(=O)O)c2c1. The van der Waals surface area contributed by atoms with Crippen molar-refractivity contribution in [1.29, 1.82) is 0 Å². The molecule has 2 atom stereocenters. The molecule has 1 N–H and O–H groups in total. The molecule has 1 fully saturated rings. The number of carbonyl (C=O) groups excluding carboxylic acids is 1. The summed E-state index contributed by atoms with van der Waals surface area (Å²) in [6.45, 7) is 1.15. The summed E-state index contributed by atoms with van der Waals surface area (Å²) in [5.74, 6) is 2.80. The van der Waals surface area contributed by atoms with E-state index in [4.69, 9.17) is 16.3 Å². The smallest absolute Gasteiger partial charge is 0.308 e. The molecule has 0 spiro atoms. The lowest BCUT2D eigenvalue weighted by atomic mass is 9.81. The lowest BCUT2D eigenvalue weighted by molar-refractivity contribution is -0.146. The Labute approximate surface area is 218 Å². The molecule has 0 amide bonds. The van der Waals surface area contributed by atoms with Gasteiger partial charge in [-0.15, -0.1) is 0 Å². The third-order valence-corrected chi connectivity index (χ3v) is 6.89. The molecular formula is C28H25ClF2N2O4. The second kappa shape index (κ2) is 11.7. The van der Waals surface area contributed by atoms with Crippen LogP contribution in [-0.4, -0.2) is 53.5 Å². The van der Waals surface area contributed by atoms with Crippen molar-refractivity contribution in [2.45, 2.75) is 19.3 Å². The minimum atomic E-state index is -0.931. The Kier molecular flexibility index (Phi) is 8.37. The molecule has 1 saturated heterocycles. The van der Waals surface area contributed by atoms with Crippen molar-refractivity contribution >= 4 is 34.3 Å². The van der Waals surface area contributed by atoms with Crippen LogP contribution in [0.5, 0.6) is 5.75 Å². The number of carboxylic acid groups (broad SMARTS) is 1. The van der Waals surface area contributed by atoms with Crippen LogP contribution in [-0.2, 0) is 4.79 Å². The van der Waals surface area contributed by atoms with Gasteiger partial charge < -0.3 is 9.84 Å². The number of benzene rings is 2. The Morgan fingerprint density at radius 3 is 2.68 bits per heavy atom. The largest absolute Gasteiger partial charge is 0.497 e. The topological polar surface area (TPSA) is 79.7 Å². The number of likely N-dealkylation sites (tertiary alicyclic amines) is 1. The van der Waals surface area contributed by atoms with Gasteiger partial charge in [-0.3, -0.25) is 19.5 Å². The molecule has 3 aromatic rings. The average molecular weight is 527 g/mol. The molecule has 2 aromatic carbocycles. The number of hydrogen-bond acceptors (Lipinski definition) is 5. The number of piperidine rings is 1. The number of rotatable bonds is 7. The van der Waals surface area contributed by atoms with Crippen LogP contribution in [0.4, 0.5) is 8.78 Å². The molecule has 1 aliphatic rings. The van der Waals surface area contributed by atoms with E-state index in [2.05, 4.69) is 16.8 Å². The fourth-order valence-electron chi connectivity index (χ4n) is 4.72. The lowest BCUT2D eigenvalue weighted by Gasteiger charge is -2.35. The van der Waals surface area contributed by atoms with Crippen molar-refractivity contribution in [2.75, 3.05) is 26.7 Å². The third-order valence-electron chi connectivity index (χ3n) is 6.61. The van der Waals surface area contributed by atoms with Gasteiger partial charge in [-0.2, -0.15) is 0 Å². The van der Waals surface area contributed by atoms with Gasteiger partial charge in [0.15, 0.2) is 5.78 Å². The molecule has 6 nitrogen and oxygen atoms in total. The minimum absolute atomic E-state index is 0.148. The number of carboxylic acids is 1. The van der Waals surface area contributed by atoms with Crippen molar-refractivity contribution < 1.29 is 28.2 Å². The number of aliphatic carboxylic acids is 1. The van der Waals surface area contributed by atoms with Crippen molar-refractivity contribution in [2.24, 2.45) is 11.8 Å². The number of fused-ring (bicyclic) bond motifs is 1. The van der Waals surface area contributed by atoms with E-state index in [1.165, 1.54) is 13.3 Å². The second-order valence-corrected chi connectivity index (χ2v) is 9.42. The molecule has 1 aromatic heterocycles. The number of nitrogens with zero attached hydrogens (tertiary/aromatic N) is 2. The number of halogens is 3. The van der Waals surface area contributed by atoms with Crippen LogP contribution in [0.3, 0.4) is 0 Å². The standard InChI is InChI=1S/C28H25ClF2N2O4/c1-37-21-5-6-25-22(14-21)27(24(29)15-32-25)26(34)7-4-18-8-10-33(16-23(18)28(35)36)9-2-3-17-11-19(30)13-20(31)12-17/h5-6,11-15,18,23H,4,7-10,16H2,1H3,(H,35,36). The molecule has 1 aliphatic heterocycles. The highest BCUT2D eigenvalue weighted by Crippen LogP contribution is 2.32. The van der Waals surface area contributed by atoms with E-state index < -0.39 is 23.5 Å². The first-order valence-corrected chi connectivity index (χ1v) is 12.2. The van der Waals surface area contributed by atoms with Crippen molar-refractivity contribution in [3.63, 3.8) is 0 Å². The second-order valence-electron chi connectivity index (χ2n) is 9.01. The Balaban J connectivity index is 1.41. The number of hydrogen-bond donors (Lipinski definition) is 1. The summed E-state index contributed by atoms with van der Waals surface area (Å²) in [5, 5.41) is 10.7.